The molecule has 0 fully saturated rings. The quantitative estimate of drug-likeness (QED) is 0.780. The second-order valence-electron chi connectivity index (χ2n) is 3.42. The van der Waals surface area contributed by atoms with E-state index in [9.17, 15) is 0 Å². The molecule has 0 heterocycles. The van der Waals surface area contributed by atoms with Gasteiger partial charge in [0.25, 0.3) is 0 Å². The smallest absolute Gasteiger partial charge is 0.164 e. The third kappa shape index (κ3) is 2.79. The molecule has 0 radical (unpaired) electrons. The maximum atomic E-state index is 5.33. The summed E-state index contributed by atoms with van der Waals surface area (Å²) in [5.74, 6) is 2.27. The van der Waals surface area contributed by atoms with Crippen LogP contribution in [0.25, 0.3) is 0 Å². The average Bonchev–Trinajstić information content (AvgIpc) is 2.35. The third-order valence-electron chi connectivity index (χ3n) is 2.44. The lowest BCUT2D eigenvalue weighted by Crippen LogP contribution is -2.81. The lowest BCUT2D eigenvalue weighted by atomic mass is 10.1. The van der Waals surface area contributed by atoms with Gasteiger partial charge in [-0.3, -0.25) is 0 Å². The predicted molar refractivity (Wildman–Crippen MR) is 62.3 cm³/mol. The second-order valence-corrected chi connectivity index (χ2v) is 3.42. The molecule has 16 heavy (non-hydrogen) atoms. The molecule has 0 unspecified atom stereocenters. The highest BCUT2D eigenvalue weighted by Gasteiger charge is 2.12. The van der Waals surface area contributed by atoms with Gasteiger partial charge in [-0.2, -0.15) is 0 Å². The molecule has 0 saturated heterocycles. The molecule has 2 N–H and O–H groups in total. The molecule has 0 saturated carbocycles. The zero-order chi connectivity index (χ0) is 12.0. The van der Waals surface area contributed by atoms with Crippen LogP contribution in [0.15, 0.2) is 12.1 Å². The summed E-state index contributed by atoms with van der Waals surface area (Å²) in [5.41, 5.74) is 1.11. The van der Waals surface area contributed by atoms with Gasteiger partial charge < -0.3 is 19.5 Å². The van der Waals surface area contributed by atoms with Crippen molar-refractivity contribution in [3.8, 4) is 17.2 Å². The molecule has 1 rings (SSSR count). The van der Waals surface area contributed by atoms with Gasteiger partial charge in [0.15, 0.2) is 11.5 Å². The molecular formula is C12H20NO3+. The number of quaternary nitrogens is 1. The van der Waals surface area contributed by atoms with Crippen molar-refractivity contribution >= 4 is 0 Å². The fourth-order valence-electron chi connectivity index (χ4n) is 1.55. The molecule has 0 bridgehead atoms. The van der Waals surface area contributed by atoms with E-state index in [0.717, 1.165) is 30.2 Å². The van der Waals surface area contributed by atoms with Crippen LogP contribution >= 0.6 is 0 Å². The topological polar surface area (TPSA) is 44.3 Å². The molecule has 0 atom stereocenters. The minimum Gasteiger partial charge on any atom is -0.496 e. The highest BCUT2D eigenvalue weighted by Crippen LogP contribution is 2.34. The van der Waals surface area contributed by atoms with Gasteiger partial charge in [-0.1, -0.05) is 0 Å². The van der Waals surface area contributed by atoms with Gasteiger partial charge in [0.1, 0.15) is 12.3 Å². The van der Waals surface area contributed by atoms with Gasteiger partial charge in [-0.15, -0.1) is 0 Å². The van der Waals surface area contributed by atoms with Crippen LogP contribution in [-0.2, 0) is 6.54 Å². The van der Waals surface area contributed by atoms with E-state index in [1.54, 1.807) is 21.3 Å². The summed E-state index contributed by atoms with van der Waals surface area (Å²) in [6, 6.07) is 3.82. The fraction of sp³-hybridized carbons (Fsp3) is 0.500. The van der Waals surface area contributed by atoms with Crippen molar-refractivity contribution in [2.45, 2.75) is 13.5 Å². The Balaban J connectivity index is 3.05. The molecule has 0 aliphatic heterocycles. The number of nitrogens with two attached hydrogens (primary N) is 1. The minimum absolute atomic E-state index is 0.694. The molecule has 4 nitrogen and oxygen atoms in total. The summed E-state index contributed by atoms with van der Waals surface area (Å²) in [6.07, 6.45) is 0. The Kier molecular flexibility index (Phi) is 4.92. The largest absolute Gasteiger partial charge is 0.496 e. The summed E-state index contributed by atoms with van der Waals surface area (Å²) in [6.45, 7) is 4.03. The van der Waals surface area contributed by atoms with Crippen molar-refractivity contribution in [3.05, 3.63) is 17.7 Å². The molecule has 0 amide bonds. The van der Waals surface area contributed by atoms with Crippen LogP contribution in [0.2, 0.25) is 0 Å². The van der Waals surface area contributed by atoms with Crippen molar-refractivity contribution < 1.29 is 19.5 Å². The van der Waals surface area contributed by atoms with E-state index in [4.69, 9.17) is 14.2 Å². The van der Waals surface area contributed by atoms with Crippen LogP contribution in [0.5, 0.6) is 17.2 Å². The molecule has 0 aromatic heterocycles. The lowest BCUT2D eigenvalue weighted by Gasteiger charge is -2.13. The summed E-state index contributed by atoms with van der Waals surface area (Å²) in [7, 11) is 4.92. The van der Waals surface area contributed by atoms with Crippen molar-refractivity contribution in [1.29, 1.82) is 0 Å². The Morgan fingerprint density at radius 1 is 0.938 bits per heavy atom. The number of benzene rings is 1. The highest BCUT2D eigenvalue weighted by molar-refractivity contribution is 5.50. The molecule has 90 valence electrons. The standard InChI is InChI=1S/C12H19NO3/c1-5-13-8-9-6-11(15-3)12(16-4)7-10(9)14-2/h6-7,13H,5,8H2,1-4H3/p+1. The normalized spacial score (nSPS) is 10.0. The summed E-state index contributed by atoms with van der Waals surface area (Å²) >= 11 is 0. The maximum absolute atomic E-state index is 5.33. The fourth-order valence-corrected chi connectivity index (χ4v) is 1.55. The summed E-state index contributed by atoms with van der Waals surface area (Å²) in [4.78, 5) is 0. The number of ether oxygens (including phenoxy) is 3. The lowest BCUT2D eigenvalue weighted by molar-refractivity contribution is -0.667. The number of rotatable bonds is 6. The number of methoxy groups -OCH3 is 3. The zero-order valence-electron chi connectivity index (χ0n) is 10.4. The van der Waals surface area contributed by atoms with Crippen molar-refractivity contribution in [3.63, 3.8) is 0 Å². The molecule has 0 spiro atoms. The van der Waals surface area contributed by atoms with E-state index in [1.165, 1.54) is 0 Å². The summed E-state index contributed by atoms with van der Waals surface area (Å²) < 4.78 is 15.8. The van der Waals surface area contributed by atoms with Gasteiger partial charge in [0, 0.05) is 6.07 Å². The number of hydrogen-bond donors (Lipinski definition) is 1. The Morgan fingerprint density at radius 3 is 2.00 bits per heavy atom. The van der Waals surface area contributed by atoms with Gasteiger partial charge in [-0.25, -0.2) is 0 Å². The van der Waals surface area contributed by atoms with Crippen LogP contribution < -0.4 is 19.5 Å². The van der Waals surface area contributed by atoms with Crippen LogP contribution in [0.3, 0.4) is 0 Å². The van der Waals surface area contributed by atoms with Crippen molar-refractivity contribution in [1.82, 2.24) is 0 Å². The van der Waals surface area contributed by atoms with E-state index >= 15 is 0 Å². The van der Waals surface area contributed by atoms with Crippen molar-refractivity contribution in [2.24, 2.45) is 0 Å². The second kappa shape index (κ2) is 6.23. The van der Waals surface area contributed by atoms with E-state index in [2.05, 4.69) is 12.2 Å². The van der Waals surface area contributed by atoms with E-state index in [-0.39, 0.29) is 0 Å². The Hall–Kier alpha value is -1.42. The first-order valence-corrected chi connectivity index (χ1v) is 5.37. The first-order chi connectivity index (χ1) is 7.76. The van der Waals surface area contributed by atoms with Crippen LogP contribution in [-0.4, -0.2) is 27.9 Å². The highest BCUT2D eigenvalue weighted by atomic mass is 16.5. The van der Waals surface area contributed by atoms with Gasteiger partial charge in [0.2, 0.25) is 0 Å². The van der Waals surface area contributed by atoms with Crippen molar-refractivity contribution in [2.75, 3.05) is 27.9 Å². The average molecular weight is 226 g/mol. The van der Waals surface area contributed by atoms with E-state index < -0.39 is 0 Å². The first-order valence-electron chi connectivity index (χ1n) is 5.37. The molecule has 4 heteroatoms. The Bertz CT molecular complexity index is 339. The van der Waals surface area contributed by atoms with E-state index in [0.29, 0.717) is 5.75 Å². The van der Waals surface area contributed by atoms with Crippen LogP contribution in [0.4, 0.5) is 0 Å². The Labute approximate surface area is 96.5 Å². The first kappa shape index (κ1) is 12.6. The van der Waals surface area contributed by atoms with E-state index in [1.807, 2.05) is 12.1 Å². The van der Waals surface area contributed by atoms with Gasteiger partial charge in [-0.05, 0) is 13.0 Å². The Morgan fingerprint density at radius 2 is 1.50 bits per heavy atom. The van der Waals surface area contributed by atoms with Gasteiger partial charge >= 0.3 is 0 Å². The van der Waals surface area contributed by atoms with Gasteiger partial charge in [0.05, 0.1) is 33.4 Å². The summed E-state index contributed by atoms with van der Waals surface area (Å²) in [5, 5.41) is 2.20. The zero-order valence-corrected chi connectivity index (χ0v) is 10.4. The maximum Gasteiger partial charge on any atom is 0.164 e. The molecule has 1 aromatic rings. The van der Waals surface area contributed by atoms with Crippen LogP contribution in [0.1, 0.15) is 12.5 Å². The molecule has 1 aromatic carbocycles. The molecule has 0 aliphatic carbocycles. The number of hydrogen-bond acceptors (Lipinski definition) is 3. The third-order valence-corrected chi connectivity index (χ3v) is 2.44. The SMILES string of the molecule is CC[NH2+]Cc1cc(OC)c(OC)cc1OC. The molecule has 0 aliphatic rings. The predicted octanol–water partition coefficient (Wildman–Crippen LogP) is 0.796. The monoisotopic (exact) mass is 226 g/mol. The van der Waals surface area contributed by atoms with Crippen LogP contribution in [0, 0.1) is 0 Å². The molecular weight excluding hydrogens is 206 g/mol. The minimum atomic E-state index is 0.694.